The second-order valence-corrected chi connectivity index (χ2v) is 12.9. The van der Waals surface area contributed by atoms with Gasteiger partial charge in [-0.25, -0.2) is 29.6 Å². The Labute approximate surface area is 305 Å². The maximum Gasteiger partial charge on any atom is 0.292 e. The van der Waals surface area contributed by atoms with E-state index in [1.807, 2.05) is 92.2 Å². The van der Waals surface area contributed by atoms with Crippen molar-refractivity contribution in [1.82, 2.24) is 49.2 Å². The highest BCUT2D eigenvalue weighted by Gasteiger charge is 2.21. The van der Waals surface area contributed by atoms with Crippen LogP contribution in [0.5, 0.6) is 0 Å². The second kappa shape index (κ2) is 13.4. The normalized spacial score (nSPS) is 12.1. The summed E-state index contributed by atoms with van der Waals surface area (Å²) in [6, 6.07) is 22.6. The minimum absolute atomic E-state index is 0.137. The lowest BCUT2D eigenvalue weighted by atomic mass is 10.1. The van der Waals surface area contributed by atoms with E-state index in [-0.39, 0.29) is 23.7 Å². The van der Waals surface area contributed by atoms with Crippen molar-refractivity contribution in [2.24, 2.45) is 0 Å². The number of H-pyrrole nitrogens is 1. The zero-order chi connectivity index (χ0) is 36.8. The number of fused-ring (bicyclic) bond motifs is 4. The fraction of sp³-hybridized carbons (Fsp3) is 0.135. The van der Waals surface area contributed by atoms with Gasteiger partial charge >= 0.3 is 0 Å². The predicted molar refractivity (Wildman–Crippen MR) is 206 cm³/mol. The number of nitrogens with one attached hydrogen (secondary N) is 2. The lowest BCUT2D eigenvalue weighted by molar-refractivity contribution is 0.548. The molecule has 6 N–H and O–H groups in total. The summed E-state index contributed by atoms with van der Waals surface area (Å²) < 4.78 is 8.83. The molecule has 0 radical (unpaired) electrons. The van der Waals surface area contributed by atoms with Crippen LogP contribution in [0.3, 0.4) is 0 Å². The van der Waals surface area contributed by atoms with Gasteiger partial charge in [0.15, 0.2) is 22.7 Å². The standard InChI is InChI=1S/C22H17ClN6O.C15H15N7O/c1-13(28-21-19-20(25-11-24-19)26-12-27-21)17-10-14-6-5-9-16(23)18(14)22(30)29(17)15-7-3-2-4-8-15;1-7(2)22-14-11(13(16)18-6-19-14)12(21-22)8-3-4-10-9(5-8)20-15(17)23-10/h2-13H,1H3,(H2,24,25,26,27,28);3-7H,1-2H3,(H2,17,20)(H2,16,18,19). The number of halogens is 1. The highest BCUT2D eigenvalue weighted by molar-refractivity contribution is 6.35. The number of rotatable bonds is 6. The van der Waals surface area contributed by atoms with E-state index >= 15 is 0 Å². The van der Waals surface area contributed by atoms with E-state index in [1.165, 1.54) is 12.7 Å². The smallest absolute Gasteiger partial charge is 0.292 e. The number of para-hydroxylation sites is 1. The quantitative estimate of drug-likeness (QED) is 0.138. The van der Waals surface area contributed by atoms with Gasteiger partial charge in [0.05, 0.1) is 28.2 Å². The van der Waals surface area contributed by atoms with Crippen molar-refractivity contribution in [3.8, 4) is 16.9 Å². The van der Waals surface area contributed by atoms with Gasteiger partial charge in [0, 0.05) is 23.0 Å². The van der Waals surface area contributed by atoms with Gasteiger partial charge in [-0.2, -0.15) is 10.1 Å². The molecule has 16 heteroatoms. The number of pyridine rings is 1. The van der Waals surface area contributed by atoms with Gasteiger partial charge < -0.3 is 26.2 Å². The number of nitrogen functional groups attached to an aromatic ring is 2. The summed E-state index contributed by atoms with van der Waals surface area (Å²) in [5.41, 5.74) is 17.9. The van der Waals surface area contributed by atoms with Gasteiger partial charge in [0.25, 0.3) is 11.6 Å². The first kappa shape index (κ1) is 33.3. The van der Waals surface area contributed by atoms with Crippen molar-refractivity contribution in [1.29, 1.82) is 0 Å². The zero-order valence-electron chi connectivity index (χ0n) is 28.7. The van der Waals surface area contributed by atoms with Gasteiger partial charge in [-0.15, -0.1) is 0 Å². The maximum atomic E-state index is 13.5. The number of benzene rings is 3. The Hall–Kier alpha value is -6.87. The Balaban J connectivity index is 0.000000156. The average molecular weight is 726 g/mol. The predicted octanol–water partition coefficient (Wildman–Crippen LogP) is 6.86. The molecule has 1 unspecified atom stereocenters. The maximum absolute atomic E-state index is 13.5. The molecule has 3 aromatic carbocycles. The van der Waals surface area contributed by atoms with Crippen LogP contribution in [0.15, 0.2) is 101 Å². The lowest BCUT2D eigenvalue weighted by Crippen LogP contribution is -2.25. The first-order chi connectivity index (χ1) is 25.7. The van der Waals surface area contributed by atoms with Crippen LogP contribution in [0.4, 0.5) is 17.7 Å². The SMILES string of the molecule is CC(C)n1nc(-c2ccc3oc(N)nc3c2)c2c(N)ncnc21.CC(Nc1ncnc2nc[nH]c12)c1cc2cccc(Cl)c2c(=O)n1-c1ccccc1. The minimum atomic E-state index is -0.248. The molecule has 6 heterocycles. The Kier molecular flexibility index (Phi) is 8.39. The number of oxazole rings is 1. The van der Waals surface area contributed by atoms with E-state index in [0.29, 0.717) is 50.0 Å². The molecule has 0 aliphatic heterocycles. The molecule has 9 aromatic rings. The summed E-state index contributed by atoms with van der Waals surface area (Å²) in [7, 11) is 0. The number of aromatic amines is 1. The van der Waals surface area contributed by atoms with Gasteiger partial charge in [-0.05, 0) is 68.6 Å². The molecule has 0 aliphatic rings. The van der Waals surface area contributed by atoms with Crippen LogP contribution in [0, 0.1) is 0 Å². The van der Waals surface area contributed by atoms with Crippen molar-refractivity contribution < 1.29 is 4.42 Å². The number of nitrogens with two attached hydrogens (primary N) is 2. The third kappa shape index (κ3) is 6.02. The van der Waals surface area contributed by atoms with Crippen molar-refractivity contribution in [2.75, 3.05) is 16.8 Å². The van der Waals surface area contributed by atoms with Crippen LogP contribution in [-0.2, 0) is 0 Å². The van der Waals surface area contributed by atoms with Crippen molar-refractivity contribution in [3.63, 3.8) is 0 Å². The van der Waals surface area contributed by atoms with E-state index in [0.717, 1.165) is 33.4 Å². The lowest BCUT2D eigenvalue weighted by Gasteiger charge is -2.21. The zero-order valence-corrected chi connectivity index (χ0v) is 29.4. The van der Waals surface area contributed by atoms with Crippen molar-refractivity contribution >= 4 is 73.3 Å². The highest BCUT2D eigenvalue weighted by atomic mass is 35.5. The van der Waals surface area contributed by atoms with Crippen molar-refractivity contribution in [2.45, 2.75) is 32.9 Å². The molecule has 53 heavy (non-hydrogen) atoms. The van der Waals surface area contributed by atoms with E-state index in [4.69, 9.17) is 27.5 Å². The molecule has 0 spiro atoms. The van der Waals surface area contributed by atoms with Crippen LogP contribution in [0.2, 0.25) is 5.02 Å². The average Bonchev–Trinajstić information content (AvgIpc) is 3.89. The largest absolute Gasteiger partial charge is 0.424 e. The van der Waals surface area contributed by atoms with Gasteiger partial charge in [0.2, 0.25) is 0 Å². The number of aromatic nitrogens is 10. The Bertz CT molecular complexity index is 2840. The van der Waals surface area contributed by atoms with Crippen LogP contribution in [-0.4, -0.2) is 49.2 Å². The van der Waals surface area contributed by atoms with Crippen LogP contribution >= 0.6 is 11.6 Å². The summed E-state index contributed by atoms with van der Waals surface area (Å²) in [4.78, 5) is 41.8. The fourth-order valence-electron chi connectivity index (χ4n) is 6.31. The first-order valence-electron chi connectivity index (χ1n) is 16.6. The number of anilines is 3. The molecule has 0 bridgehead atoms. The van der Waals surface area contributed by atoms with Crippen molar-refractivity contribution in [3.05, 3.63) is 113 Å². The molecular formula is C37H32ClN13O2. The molecular weight excluding hydrogens is 694 g/mol. The molecule has 0 saturated carbocycles. The number of hydrogen-bond donors (Lipinski definition) is 4. The summed E-state index contributed by atoms with van der Waals surface area (Å²) in [5, 5.41) is 10.5. The molecule has 0 aliphatic carbocycles. The van der Waals surface area contributed by atoms with E-state index in [1.54, 1.807) is 17.0 Å². The Morgan fingerprint density at radius 2 is 1.70 bits per heavy atom. The van der Waals surface area contributed by atoms with Crippen LogP contribution in [0.25, 0.3) is 61.0 Å². The van der Waals surface area contributed by atoms with E-state index < -0.39 is 0 Å². The highest BCUT2D eigenvalue weighted by Crippen LogP contribution is 2.33. The molecule has 9 rings (SSSR count). The van der Waals surface area contributed by atoms with E-state index in [9.17, 15) is 4.79 Å². The summed E-state index contributed by atoms with van der Waals surface area (Å²) in [6.07, 6.45) is 4.49. The molecule has 0 amide bonds. The Morgan fingerprint density at radius 3 is 2.51 bits per heavy atom. The van der Waals surface area contributed by atoms with Gasteiger partial charge in [0.1, 0.15) is 35.2 Å². The molecule has 15 nitrogen and oxygen atoms in total. The third-order valence-corrected chi connectivity index (χ3v) is 9.06. The van der Waals surface area contributed by atoms with Crippen LogP contribution in [0.1, 0.15) is 38.5 Å². The molecule has 0 saturated heterocycles. The first-order valence-corrected chi connectivity index (χ1v) is 17.0. The second-order valence-electron chi connectivity index (χ2n) is 12.5. The fourth-order valence-corrected chi connectivity index (χ4v) is 6.57. The molecule has 1 atom stereocenters. The summed E-state index contributed by atoms with van der Waals surface area (Å²) in [5.74, 6) is 1.01. The molecule has 264 valence electrons. The third-order valence-electron chi connectivity index (χ3n) is 8.74. The topological polar surface area (TPSA) is 210 Å². The molecule has 6 aromatic heterocycles. The van der Waals surface area contributed by atoms with E-state index in [2.05, 4.69) is 45.3 Å². The Morgan fingerprint density at radius 1 is 0.887 bits per heavy atom. The minimum Gasteiger partial charge on any atom is -0.424 e. The van der Waals surface area contributed by atoms with Gasteiger partial charge in [-0.1, -0.05) is 41.9 Å². The number of imidazole rings is 1. The molecule has 0 fully saturated rings. The number of nitrogens with zero attached hydrogens (tertiary/aromatic N) is 9. The summed E-state index contributed by atoms with van der Waals surface area (Å²) in [6.45, 7) is 6.06. The van der Waals surface area contributed by atoms with Gasteiger partial charge in [-0.3, -0.25) is 9.36 Å². The van der Waals surface area contributed by atoms with Crippen LogP contribution < -0.4 is 22.3 Å². The monoisotopic (exact) mass is 725 g/mol. The summed E-state index contributed by atoms with van der Waals surface area (Å²) >= 11 is 6.38. The number of hydrogen-bond acceptors (Lipinski definition) is 12.